The zero-order valence-corrected chi connectivity index (χ0v) is 20.5. The van der Waals surface area contributed by atoms with Gasteiger partial charge in [0.15, 0.2) is 10.7 Å². The SMILES string of the molecule is COc1ncc(Cl)cc1S(=O)(=O)Nc1ccc(F)c(-c2ccc3nc(NC(C)CO)ncc3c2)c1F. The molecule has 0 aliphatic carbocycles. The smallest absolute Gasteiger partial charge is 0.267 e. The molecule has 36 heavy (non-hydrogen) atoms. The number of rotatable bonds is 8. The standard InChI is InChI=1S/C23H20ClF2N5O4S/c1-12(11-32)29-23-28-9-14-7-13(3-5-17(14)30-23)20-16(25)4-6-18(21(20)26)31-36(33,34)19-8-15(24)10-27-22(19)35-2/h3-10,12,31-32H,11H2,1-2H3,(H,28,29,30). The number of methoxy groups -OCH3 is 1. The summed E-state index contributed by atoms with van der Waals surface area (Å²) in [6.07, 6.45) is 2.67. The van der Waals surface area contributed by atoms with E-state index in [0.29, 0.717) is 10.9 Å². The second kappa shape index (κ2) is 10.2. The zero-order valence-electron chi connectivity index (χ0n) is 19.0. The summed E-state index contributed by atoms with van der Waals surface area (Å²) >= 11 is 5.87. The Morgan fingerprint density at radius 2 is 1.92 bits per heavy atom. The maximum absolute atomic E-state index is 15.5. The lowest BCUT2D eigenvalue weighted by molar-refractivity contribution is 0.281. The molecule has 0 bridgehead atoms. The summed E-state index contributed by atoms with van der Waals surface area (Å²) in [5.74, 6) is -1.97. The first-order chi connectivity index (χ1) is 17.1. The van der Waals surface area contributed by atoms with Gasteiger partial charge in [-0.2, -0.15) is 0 Å². The highest BCUT2D eigenvalue weighted by Gasteiger charge is 2.25. The summed E-state index contributed by atoms with van der Waals surface area (Å²) < 4.78 is 63.2. The molecule has 2 aromatic carbocycles. The molecular weight excluding hydrogens is 516 g/mol. The highest BCUT2D eigenvalue weighted by Crippen LogP contribution is 2.34. The number of fused-ring (bicyclic) bond motifs is 1. The van der Waals surface area contributed by atoms with Gasteiger partial charge in [0.1, 0.15) is 5.82 Å². The minimum absolute atomic E-state index is 0.0269. The van der Waals surface area contributed by atoms with Crippen LogP contribution in [0.4, 0.5) is 20.4 Å². The topological polar surface area (TPSA) is 126 Å². The Morgan fingerprint density at radius 3 is 2.64 bits per heavy atom. The summed E-state index contributed by atoms with van der Waals surface area (Å²) in [6.45, 7) is 1.64. The first-order valence-corrected chi connectivity index (χ1v) is 12.3. The van der Waals surface area contributed by atoms with E-state index in [1.165, 1.54) is 31.6 Å². The Balaban J connectivity index is 1.72. The molecular formula is C23H20ClF2N5O4S. The van der Waals surface area contributed by atoms with E-state index >= 15 is 4.39 Å². The predicted molar refractivity (Wildman–Crippen MR) is 132 cm³/mol. The van der Waals surface area contributed by atoms with Crippen molar-refractivity contribution >= 4 is 44.2 Å². The lowest BCUT2D eigenvalue weighted by Crippen LogP contribution is -2.20. The molecule has 188 valence electrons. The molecule has 1 atom stereocenters. The van der Waals surface area contributed by atoms with E-state index in [1.807, 2.05) is 0 Å². The van der Waals surface area contributed by atoms with Crippen molar-refractivity contribution < 1.29 is 27.0 Å². The third kappa shape index (κ3) is 5.15. The quantitative estimate of drug-likeness (QED) is 0.306. The van der Waals surface area contributed by atoms with Crippen molar-refractivity contribution in [2.75, 3.05) is 23.8 Å². The van der Waals surface area contributed by atoms with Crippen LogP contribution in [0.1, 0.15) is 6.92 Å². The van der Waals surface area contributed by atoms with Gasteiger partial charge in [-0.3, -0.25) is 4.72 Å². The van der Waals surface area contributed by atoms with Crippen LogP contribution in [0.15, 0.2) is 53.7 Å². The molecule has 0 aliphatic rings. The van der Waals surface area contributed by atoms with Crippen molar-refractivity contribution in [2.45, 2.75) is 17.9 Å². The predicted octanol–water partition coefficient (Wildman–Crippen LogP) is 4.23. The third-order valence-corrected chi connectivity index (χ3v) is 6.69. The largest absolute Gasteiger partial charge is 0.480 e. The maximum Gasteiger partial charge on any atom is 0.267 e. The van der Waals surface area contributed by atoms with Crippen LogP contribution in [-0.4, -0.2) is 48.2 Å². The summed E-state index contributed by atoms with van der Waals surface area (Å²) in [7, 11) is -3.17. The summed E-state index contributed by atoms with van der Waals surface area (Å²) in [4.78, 5) is 11.9. The number of ether oxygens (including phenoxy) is 1. The third-order valence-electron chi connectivity index (χ3n) is 5.12. The normalized spacial score (nSPS) is 12.4. The molecule has 13 heteroatoms. The lowest BCUT2D eigenvalue weighted by atomic mass is 10.0. The van der Waals surface area contributed by atoms with Gasteiger partial charge in [-0.25, -0.2) is 32.2 Å². The number of aliphatic hydroxyl groups excluding tert-OH is 1. The minimum atomic E-state index is -4.39. The Labute approximate surface area is 210 Å². The van der Waals surface area contributed by atoms with Crippen LogP contribution in [0.2, 0.25) is 5.02 Å². The molecule has 4 rings (SSSR count). The van der Waals surface area contributed by atoms with Crippen molar-refractivity contribution in [1.29, 1.82) is 0 Å². The van der Waals surface area contributed by atoms with Crippen molar-refractivity contribution in [3.05, 3.63) is 65.4 Å². The minimum Gasteiger partial charge on any atom is -0.480 e. The van der Waals surface area contributed by atoms with E-state index in [1.54, 1.807) is 13.0 Å². The van der Waals surface area contributed by atoms with Crippen LogP contribution in [0, 0.1) is 11.6 Å². The van der Waals surface area contributed by atoms with E-state index in [-0.39, 0.29) is 35.1 Å². The van der Waals surface area contributed by atoms with Crippen molar-refractivity contribution in [3.63, 3.8) is 0 Å². The van der Waals surface area contributed by atoms with Crippen molar-refractivity contribution in [1.82, 2.24) is 15.0 Å². The molecule has 2 aromatic heterocycles. The summed E-state index contributed by atoms with van der Waals surface area (Å²) in [6, 6.07) is 7.26. The fourth-order valence-electron chi connectivity index (χ4n) is 3.37. The first-order valence-electron chi connectivity index (χ1n) is 10.5. The fraction of sp³-hybridized carbons (Fsp3) is 0.174. The van der Waals surface area contributed by atoms with Crippen molar-refractivity contribution in [2.24, 2.45) is 0 Å². The fourth-order valence-corrected chi connectivity index (χ4v) is 4.80. The van der Waals surface area contributed by atoms with Gasteiger partial charge >= 0.3 is 0 Å². The number of hydrogen-bond donors (Lipinski definition) is 3. The molecule has 0 saturated carbocycles. The van der Waals surface area contributed by atoms with Crippen LogP contribution < -0.4 is 14.8 Å². The number of halogens is 3. The van der Waals surface area contributed by atoms with E-state index < -0.39 is 37.8 Å². The highest BCUT2D eigenvalue weighted by atomic mass is 35.5. The molecule has 0 fully saturated rings. The van der Waals surface area contributed by atoms with E-state index in [0.717, 1.165) is 18.2 Å². The van der Waals surface area contributed by atoms with Gasteiger partial charge in [0, 0.05) is 23.8 Å². The molecule has 0 amide bonds. The molecule has 0 spiro atoms. The van der Waals surface area contributed by atoms with Crippen LogP contribution in [-0.2, 0) is 10.0 Å². The Bertz CT molecular complexity index is 1560. The monoisotopic (exact) mass is 535 g/mol. The Kier molecular flexibility index (Phi) is 7.20. The number of aliphatic hydroxyl groups is 1. The summed E-state index contributed by atoms with van der Waals surface area (Å²) in [5, 5.41) is 12.6. The van der Waals surface area contributed by atoms with Gasteiger partial charge in [0.25, 0.3) is 10.0 Å². The number of hydrogen-bond acceptors (Lipinski definition) is 8. The zero-order chi connectivity index (χ0) is 26.0. The molecule has 4 aromatic rings. The number of sulfonamides is 1. The van der Waals surface area contributed by atoms with Crippen LogP contribution in [0.3, 0.4) is 0 Å². The number of pyridine rings is 1. The second-order valence-electron chi connectivity index (χ2n) is 7.75. The molecule has 0 saturated heterocycles. The number of anilines is 2. The number of benzene rings is 2. The number of aromatic nitrogens is 3. The molecule has 0 aliphatic heterocycles. The first kappa shape index (κ1) is 25.5. The van der Waals surface area contributed by atoms with Gasteiger partial charge < -0.3 is 15.2 Å². The van der Waals surface area contributed by atoms with Crippen LogP contribution >= 0.6 is 11.6 Å². The maximum atomic E-state index is 15.5. The van der Waals surface area contributed by atoms with Gasteiger partial charge in [-0.1, -0.05) is 17.7 Å². The second-order valence-corrected chi connectivity index (χ2v) is 9.83. The van der Waals surface area contributed by atoms with Gasteiger partial charge in [0.05, 0.1) is 35.5 Å². The van der Waals surface area contributed by atoms with Gasteiger partial charge in [-0.05, 0) is 42.8 Å². The Morgan fingerprint density at radius 1 is 1.14 bits per heavy atom. The highest BCUT2D eigenvalue weighted by molar-refractivity contribution is 7.92. The number of nitrogens with zero attached hydrogens (tertiary/aromatic N) is 3. The van der Waals surface area contributed by atoms with Gasteiger partial charge in [0.2, 0.25) is 11.8 Å². The molecule has 1 unspecified atom stereocenters. The number of nitrogens with one attached hydrogen (secondary N) is 2. The Hall–Kier alpha value is -3.61. The summed E-state index contributed by atoms with van der Waals surface area (Å²) in [5.41, 5.74) is -0.278. The average Bonchev–Trinajstić information content (AvgIpc) is 2.85. The van der Waals surface area contributed by atoms with E-state index in [9.17, 15) is 17.9 Å². The molecule has 2 heterocycles. The van der Waals surface area contributed by atoms with Gasteiger partial charge in [-0.15, -0.1) is 0 Å². The molecule has 0 radical (unpaired) electrons. The van der Waals surface area contributed by atoms with Crippen molar-refractivity contribution in [3.8, 4) is 17.0 Å². The van der Waals surface area contributed by atoms with E-state index in [2.05, 4.69) is 25.0 Å². The van der Waals surface area contributed by atoms with Crippen LogP contribution in [0.5, 0.6) is 5.88 Å². The lowest BCUT2D eigenvalue weighted by Gasteiger charge is -2.14. The average molecular weight is 536 g/mol. The van der Waals surface area contributed by atoms with E-state index in [4.69, 9.17) is 16.3 Å². The molecule has 3 N–H and O–H groups in total. The van der Waals surface area contributed by atoms with Crippen LogP contribution in [0.25, 0.3) is 22.0 Å². The molecule has 9 nitrogen and oxygen atoms in total.